The zero-order valence-electron chi connectivity index (χ0n) is 11.8. The Morgan fingerprint density at radius 2 is 1.89 bits per heavy atom. The summed E-state index contributed by atoms with van der Waals surface area (Å²) in [6.07, 6.45) is 1.93. The lowest BCUT2D eigenvalue weighted by atomic mass is 10.1. The summed E-state index contributed by atoms with van der Waals surface area (Å²) in [6.45, 7) is 9.96. The minimum Gasteiger partial charge on any atom is -0.354 e. The topological polar surface area (TPSA) is 19.4 Å². The molecule has 19 heavy (non-hydrogen) atoms. The van der Waals surface area contributed by atoms with Crippen molar-refractivity contribution in [3.05, 3.63) is 36.0 Å². The predicted octanol–water partition coefficient (Wildman–Crippen LogP) is 2.69. The number of fused-ring (bicyclic) bond motifs is 1. The molecular formula is C16H21N3. The van der Waals surface area contributed by atoms with E-state index in [4.69, 9.17) is 0 Å². The van der Waals surface area contributed by atoms with E-state index < -0.39 is 0 Å². The molecule has 3 rings (SSSR count). The van der Waals surface area contributed by atoms with E-state index >= 15 is 0 Å². The van der Waals surface area contributed by atoms with E-state index in [9.17, 15) is 0 Å². The van der Waals surface area contributed by atoms with Gasteiger partial charge in [-0.1, -0.05) is 24.6 Å². The standard InChI is InChI=1S/C16H21N3/c1-3-18-8-10-19(11-9-18)16-15-12-13(2)4-5-14(15)6-7-17-16/h4-7,12H,3,8-11H2,1-2H3. The van der Waals surface area contributed by atoms with Crippen LogP contribution in [0.2, 0.25) is 0 Å². The smallest absolute Gasteiger partial charge is 0.136 e. The van der Waals surface area contributed by atoms with Gasteiger partial charge in [0.15, 0.2) is 0 Å². The Bertz CT molecular complexity index is 571. The third-order valence-corrected chi connectivity index (χ3v) is 4.02. The van der Waals surface area contributed by atoms with Gasteiger partial charge in [0.05, 0.1) is 0 Å². The zero-order valence-corrected chi connectivity index (χ0v) is 11.8. The highest BCUT2D eigenvalue weighted by atomic mass is 15.3. The lowest BCUT2D eigenvalue weighted by Gasteiger charge is -2.35. The first-order valence-electron chi connectivity index (χ1n) is 7.10. The summed E-state index contributed by atoms with van der Waals surface area (Å²) in [4.78, 5) is 9.55. The second-order valence-corrected chi connectivity index (χ2v) is 5.28. The molecule has 0 N–H and O–H groups in total. The van der Waals surface area contributed by atoms with Crippen LogP contribution in [0.5, 0.6) is 0 Å². The summed E-state index contributed by atoms with van der Waals surface area (Å²) < 4.78 is 0. The molecule has 3 heteroatoms. The molecule has 0 amide bonds. The van der Waals surface area contributed by atoms with Crippen molar-refractivity contribution < 1.29 is 0 Å². The third kappa shape index (κ3) is 2.43. The molecule has 1 aromatic carbocycles. The van der Waals surface area contributed by atoms with Gasteiger partial charge in [0.25, 0.3) is 0 Å². The number of aryl methyl sites for hydroxylation is 1. The van der Waals surface area contributed by atoms with Crippen molar-refractivity contribution in [1.29, 1.82) is 0 Å². The summed E-state index contributed by atoms with van der Waals surface area (Å²) in [7, 11) is 0. The first-order valence-corrected chi connectivity index (χ1v) is 7.10. The molecule has 3 nitrogen and oxygen atoms in total. The van der Waals surface area contributed by atoms with Gasteiger partial charge >= 0.3 is 0 Å². The molecule has 1 aromatic heterocycles. The molecule has 0 spiro atoms. The summed E-state index contributed by atoms with van der Waals surface area (Å²) in [5, 5.41) is 2.57. The van der Waals surface area contributed by atoms with Crippen molar-refractivity contribution in [3.8, 4) is 0 Å². The van der Waals surface area contributed by atoms with Crippen LogP contribution < -0.4 is 4.90 Å². The van der Waals surface area contributed by atoms with E-state index in [0.29, 0.717) is 0 Å². The molecule has 100 valence electrons. The Morgan fingerprint density at radius 1 is 1.11 bits per heavy atom. The Labute approximate surface area is 114 Å². The number of anilines is 1. The van der Waals surface area contributed by atoms with E-state index in [1.165, 1.54) is 16.3 Å². The number of aromatic nitrogens is 1. The van der Waals surface area contributed by atoms with Crippen LogP contribution >= 0.6 is 0 Å². The highest BCUT2D eigenvalue weighted by Crippen LogP contribution is 2.26. The summed E-state index contributed by atoms with van der Waals surface area (Å²) in [6, 6.07) is 8.71. The average Bonchev–Trinajstić information content (AvgIpc) is 2.47. The van der Waals surface area contributed by atoms with Gasteiger partial charge in [-0.3, -0.25) is 0 Å². The summed E-state index contributed by atoms with van der Waals surface area (Å²) >= 11 is 0. The molecule has 1 saturated heterocycles. The maximum absolute atomic E-state index is 4.63. The number of hydrogen-bond donors (Lipinski definition) is 0. The van der Waals surface area contributed by atoms with Crippen LogP contribution in [0.1, 0.15) is 12.5 Å². The van der Waals surface area contributed by atoms with Gasteiger partial charge in [-0.05, 0) is 31.0 Å². The Hall–Kier alpha value is -1.61. The van der Waals surface area contributed by atoms with Crippen molar-refractivity contribution in [1.82, 2.24) is 9.88 Å². The molecule has 1 aliphatic heterocycles. The Morgan fingerprint density at radius 3 is 2.63 bits per heavy atom. The quantitative estimate of drug-likeness (QED) is 0.822. The monoisotopic (exact) mass is 255 g/mol. The molecule has 0 saturated carbocycles. The normalized spacial score (nSPS) is 17.1. The third-order valence-electron chi connectivity index (χ3n) is 4.02. The van der Waals surface area contributed by atoms with Gasteiger partial charge in [0.1, 0.15) is 5.82 Å². The fourth-order valence-corrected chi connectivity index (χ4v) is 2.79. The minimum atomic E-state index is 1.08. The van der Waals surface area contributed by atoms with Crippen LogP contribution in [-0.2, 0) is 0 Å². The summed E-state index contributed by atoms with van der Waals surface area (Å²) in [5.41, 5.74) is 1.30. The second kappa shape index (κ2) is 5.17. The molecule has 0 bridgehead atoms. The van der Waals surface area contributed by atoms with Gasteiger partial charge in [-0.2, -0.15) is 0 Å². The molecule has 0 atom stereocenters. The van der Waals surface area contributed by atoms with E-state index in [1.54, 1.807) is 0 Å². The molecular weight excluding hydrogens is 234 g/mol. The van der Waals surface area contributed by atoms with Crippen LogP contribution in [0.3, 0.4) is 0 Å². The van der Waals surface area contributed by atoms with Gasteiger partial charge in [-0.25, -0.2) is 4.98 Å². The average molecular weight is 255 g/mol. The molecule has 2 heterocycles. The fraction of sp³-hybridized carbons (Fsp3) is 0.438. The van der Waals surface area contributed by atoms with Crippen molar-refractivity contribution in [2.45, 2.75) is 13.8 Å². The number of rotatable bonds is 2. The molecule has 1 aliphatic rings. The van der Waals surface area contributed by atoms with Gasteiger partial charge in [-0.15, -0.1) is 0 Å². The van der Waals surface area contributed by atoms with Crippen LogP contribution in [0, 0.1) is 6.92 Å². The van der Waals surface area contributed by atoms with E-state index in [-0.39, 0.29) is 0 Å². The maximum atomic E-state index is 4.63. The number of nitrogens with zero attached hydrogens (tertiary/aromatic N) is 3. The van der Waals surface area contributed by atoms with Crippen LogP contribution in [0.25, 0.3) is 10.8 Å². The Kier molecular flexibility index (Phi) is 3.38. The fourth-order valence-electron chi connectivity index (χ4n) is 2.79. The first kappa shape index (κ1) is 12.4. The number of pyridine rings is 1. The molecule has 2 aromatic rings. The predicted molar refractivity (Wildman–Crippen MR) is 80.8 cm³/mol. The van der Waals surface area contributed by atoms with Crippen molar-refractivity contribution in [3.63, 3.8) is 0 Å². The van der Waals surface area contributed by atoms with Crippen LogP contribution in [0.4, 0.5) is 5.82 Å². The number of benzene rings is 1. The lowest BCUT2D eigenvalue weighted by Crippen LogP contribution is -2.46. The molecule has 1 fully saturated rings. The van der Waals surface area contributed by atoms with E-state index in [1.807, 2.05) is 6.20 Å². The zero-order chi connectivity index (χ0) is 13.2. The maximum Gasteiger partial charge on any atom is 0.136 e. The minimum absolute atomic E-state index is 1.08. The van der Waals surface area contributed by atoms with Crippen LogP contribution in [0.15, 0.2) is 30.5 Å². The number of hydrogen-bond acceptors (Lipinski definition) is 3. The van der Waals surface area contributed by atoms with Crippen LogP contribution in [-0.4, -0.2) is 42.6 Å². The van der Waals surface area contributed by atoms with Crippen molar-refractivity contribution >= 4 is 16.6 Å². The first-order chi connectivity index (χ1) is 9.28. The number of likely N-dealkylation sites (N-methyl/N-ethyl adjacent to an activating group) is 1. The SMILES string of the molecule is CCN1CCN(c2nccc3ccc(C)cc23)CC1. The molecule has 0 radical (unpaired) electrons. The Balaban J connectivity index is 1.94. The van der Waals surface area contributed by atoms with Gasteiger partial charge < -0.3 is 9.80 Å². The van der Waals surface area contributed by atoms with Gasteiger partial charge in [0.2, 0.25) is 0 Å². The van der Waals surface area contributed by atoms with E-state index in [2.05, 4.69) is 52.9 Å². The molecule has 0 unspecified atom stereocenters. The lowest BCUT2D eigenvalue weighted by molar-refractivity contribution is 0.271. The summed E-state index contributed by atoms with van der Waals surface area (Å²) in [5.74, 6) is 1.15. The van der Waals surface area contributed by atoms with Gasteiger partial charge in [0, 0.05) is 37.8 Å². The highest BCUT2D eigenvalue weighted by molar-refractivity contribution is 5.92. The number of piperazine rings is 1. The molecule has 0 aliphatic carbocycles. The van der Waals surface area contributed by atoms with Crippen molar-refractivity contribution in [2.75, 3.05) is 37.6 Å². The van der Waals surface area contributed by atoms with E-state index in [0.717, 1.165) is 38.5 Å². The second-order valence-electron chi connectivity index (χ2n) is 5.28. The largest absolute Gasteiger partial charge is 0.354 e. The highest BCUT2D eigenvalue weighted by Gasteiger charge is 2.18. The van der Waals surface area contributed by atoms with Crippen molar-refractivity contribution in [2.24, 2.45) is 0 Å².